The zero-order valence-corrected chi connectivity index (χ0v) is 12.4. The highest BCUT2D eigenvalue weighted by Gasteiger charge is 2.31. The normalized spacial score (nSPS) is 17.9. The Labute approximate surface area is 114 Å². The molecule has 19 heavy (non-hydrogen) atoms. The Morgan fingerprint density at radius 1 is 1.21 bits per heavy atom. The molecule has 7 heteroatoms. The van der Waals surface area contributed by atoms with Crippen LogP contribution in [0, 0.1) is 13.8 Å². The molecule has 0 unspecified atom stereocenters. The molecule has 0 spiro atoms. The maximum Gasteiger partial charge on any atom is 0.278 e. The van der Waals surface area contributed by atoms with Gasteiger partial charge in [-0.05, 0) is 45.8 Å². The van der Waals surface area contributed by atoms with Gasteiger partial charge in [-0.1, -0.05) is 0 Å². The summed E-state index contributed by atoms with van der Waals surface area (Å²) in [7, 11) is -1.98. The Hall–Kier alpha value is -1.05. The molecule has 2 rings (SSSR count). The summed E-state index contributed by atoms with van der Waals surface area (Å²) in [4.78, 5) is 8.13. The number of nitrogens with one attached hydrogen (secondary N) is 1. The van der Waals surface area contributed by atoms with Crippen molar-refractivity contribution in [2.24, 2.45) is 0 Å². The minimum Gasteiger partial charge on any atom is -0.317 e. The van der Waals surface area contributed by atoms with E-state index in [4.69, 9.17) is 0 Å². The number of sulfonamides is 1. The van der Waals surface area contributed by atoms with E-state index in [2.05, 4.69) is 15.3 Å². The van der Waals surface area contributed by atoms with Crippen LogP contribution in [0.3, 0.4) is 0 Å². The van der Waals surface area contributed by atoms with E-state index in [-0.39, 0.29) is 11.2 Å². The molecule has 1 aromatic heterocycles. The zero-order valence-electron chi connectivity index (χ0n) is 11.5. The number of hydrogen-bond donors (Lipinski definition) is 1. The lowest BCUT2D eigenvalue weighted by Gasteiger charge is -2.30. The maximum absolute atomic E-state index is 12.5. The summed E-state index contributed by atoms with van der Waals surface area (Å²) in [5.74, 6) is 0. The highest BCUT2D eigenvalue weighted by molar-refractivity contribution is 7.88. The SMILES string of the molecule is Cc1cc(C)nc(S(=O)(=O)N(C)C2CCNCC2)n1. The third kappa shape index (κ3) is 3.10. The Morgan fingerprint density at radius 2 is 1.74 bits per heavy atom. The second-order valence-electron chi connectivity index (χ2n) is 4.94. The first-order chi connectivity index (χ1) is 8.91. The molecule has 0 radical (unpaired) electrons. The topological polar surface area (TPSA) is 75.2 Å². The standard InChI is InChI=1S/C12H20N4O2S/c1-9-8-10(2)15-12(14-9)19(17,18)16(3)11-4-6-13-7-5-11/h8,11,13H,4-7H2,1-3H3. The third-order valence-corrected chi connectivity index (χ3v) is 5.09. The third-order valence-electron chi connectivity index (χ3n) is 3.39. The van der Waals surface area contributed by atoms with Crippen LogP contribution in [0.5, 0.6) is 0 Å². The Bertz CT molecular complexity index is 533. The van der Waals surface area contributed by atoms with E-state index in [1.807, 2.05) is 0 Å². The minimum absolute atomic E-state index is 0.0238. The second kappa shape index (κ2) is 5.52. The summed E-state index contributed by atoms with van der Waals surface area (Å²) >= 11 is 0. The molecule has 6 nitrogen and oxygen atoms in total. The van der Waals surface area contributed by atoms with Crippen molar-refractivity contribution in [2.45, 2.75) is 37.9 Å². The van der Waals surface area contributed by atoms with E-state index in [0.29, 0.717) is 11.4 Å². The van der Waals surface area contributed by atoms with Gasteiger partial charge in [0.15, 0.2) is 0 Å². The summed E-state index contributed by atoms with van der Waals surface area (Å²) in [6, 6.07) is 1.79. The maximum atomic E-state index is 12.5. The van der Waals surface area contributed by atoms with Crippen LogP contribution in [0.25, 0.3) is 0 Å². The number of aromatic nitrogens is 2. The molecule has 0 atom stereocenters. The second-order valence-corrected chi connectivity index (χ2v) is 6.83. The van der Waals surface area contributed by atoms with Gasteiger partial charge in [-0.25, -0.2) is 18.4 Å². The predicted molar refractivity (Wildman–Crippen MR) is 72.3 cm³/mol. The average molecular weight is 284 g/mol. The fraction of sp³-hybridized carbons (Fsp3) is 0.667. The van der Waals surface area contributed by atoms with Crippen molar-refractivity contribution in [3.05, 3.63) is 17.5 Å². The lowest BCUT2D eigenvalue weighted by molar-refractivity contribution is 0.294. The predicted octanol–water partition coefficient (Wildman–Crippen LogP) is 0.466. The quantitative estimate of drug-likeness (QED) is 0.816. The van der Waals surface area contributed by atoms with Crippen LogP contribution >= 0.6 is 0 Å². The Morgan fingerprint density at radius 3 is 2.26 bits per heavy atom. The van der Waals surface area contributed by atoms with E-state index < -0.39 is 10.0 Å². The molecule has 0 amide bonds. The van der Waals surface area contributed by atoms with Crippen LogP contribution in [-0.2, 0) is 10.0 Å². The van der Waals surface area contributed by atoms with Gasteiger partial charge in [0, 0.05) is 24.5 Å². The molecule has 1 fully saturated rings. The molecule has 1 aliphatic rings. The monoisotopic (exact) mass is 284 g/mol. The molecular formula is C12H20N4O2S. The molecule has 106 valence electrons. The molecule has 0 bridgehead atoms. The van der Waals surface area contributed by atoms with Gasteiger partial charge in [-0.3, -0.25) is 0 Å². The lowest BCUT2D eigenvalue weighted by Crippen LogP contribution is -2.44. The summed E-state index contributed by atoms with van der Waals surface area (Å²) in [5, 5.41) is 3.13. The van der Waals surface area contributed by atoms with Gasteiger partial charge in [0.2, 0.25) is 0 Å². The van der Waals surface area contributed by atoms with Crippen LogP contribution in [-0.4, -0.2) is 48.9 Å². The molecule has 1 aliphatic heterocycles. The first-order valence-corrected chi connectivity index (χ1v) is 7.86. The molecule has 1 aromatic rings. The van der Waals surface area contributed by atoms with Crippen molar-refractivity contribution >= 4 is 10.0 Å². The summed E-state index contributed by atoms with van der Waals surface area (Å²) < 4.78 is 26.5. The van der Waals surface area contributed by atoms with Crippen LogP contribution < -0.4 is 5.32 Å². The Kier molecular flexibility index (Phi) is 4.17. The molecular weight excluding hydrogens is 264 g/mol. The smallest absolute Gasteiger partial charge is 0.278 e. The van der Waals surface area contributed by atoms with Gasteiger partial charge < -0.3 is 5.32 Å². The molecule has 0 saturated carbocycles. The molecule has 1 N–H and O–H groups in total. The van der Waals surface area contributed by atoms with Crippen molar-refractivity contribution in [2.75, 3.05) is 20.1 Å². The zero-order chi connectivity index (χ0) is 14.0. The fourth-order valence-electron chi connectivity index (χ4n) is 2.30. The lowest BCUT2D eigenvalue weighted by atomic mass is 10.1. The van der Waals surface area contributed by atoms with Gasteiger partial charge in [0.25, 0.3) is 15.2 Å². The first-order valence-electron chi connectivity index (χ1n) is 6.42. The molecule has 0 aliphatic carbocycles. The fourth-order valence-corrected chi connectivity index (χ4v) is 3.68. The molecule has 2 heterocycles. The van der Waals surface area contributed by atoms with E-state index in [1.54, 1.807) is 27.0 Å². The number of piperidine rings is 1. The van der Waals surface area contributed by atoms with Crippen molar-refractivity contribution in [3.8, 4) is 0 Å². The van der Waals surface area contributed by atoms with Gasteiger partial charge in [-0.15, -0.1) is 0 Å². The first kappa shape index (κ1) is 14.4. The highest BCUT2D eigenvalue weighted by Crippen LogP contribution is 2.18. The van der Waals surface area contributed by atoms with Crippen LogP contribution in [0.1, 0.15) is 24.2 Å². The summed E-state index contributed by atoms with van der Waals surface area (Å²) in [6.45, 7) is 5.24. The highest BCUT2D eigenvalue weighted by atomic mass is 32.2. The van der Waals surface area contributed by atoms with Gasteiger partial charge >= 0.3 is 0 Å². The number of rotatable bonds is 3. The largest absolute Gasteiger partial charge is 0.317 e. The van der Waals surface area contributed by atoms with Crippen molar-refractivity contribution in [3.63, 3.8) is 0 Å². The number of nitrogens with zero attached hydrogens (tertiary/aromatic N) is 3. The van der Waals surface area contributed by atoms with Crippen LogP contribution in [0.15, 0.2) is 11.2 Å². The number of hydrogen-bond acceptors (Lipinski definition) is 5. The van der Waals surface area contributed by atoms with E-state index in [1.165, 1.54) is 4.31 Å². The van der Waals surface area contributed by atoms with Crippen molar-refractivity contribution in [1.29, 1.82) is 0 Å². The van der Waals surface area contributed by atoms with Crippen molar-refractivity contribution in [1.82, 2.24) is 19.6 Å². The van der Waals surface area contributed by atoms with E-state index >= 15 is 0 Å². The van der Waals surface area contributed by atoms with Gasteiger partial charge in [-0.2, -0.15) is 4.31 Å². The molecule has 1 saturated heterocycles. The van der Waals surface area contributed by atoms with E-state index in [0.717, 1.165) is 25.9 Å². The average Bonchev–Trinajstić information content (AvgIpc) is 2.37. The van der Waals surface area contributed by atoms with Crippen molar-refractivity contribution < 1.29 is 8.42 Å². The minimum atomic E-state index is -3.60. The molecule has 0 aromatic carbocycles. The van der Waals surface area contributed by atoms with Gasteiger partial charge in [0.1, 0.15) is 0 Å². The Balaban J connectivity index is 2.30. The van der Waals surface area contributed by atoms with Gasteiger partial charge in [0.05, 0.1) is 0 Å². The van der Waals surface area contributed by atoms with E-state index in [9.17, 15) is 8.42 Å². The summed E-state index contributed by atoms with van der Waals surface area (Å²) in [5.41, 5.74) is 1.34. The number of aryl methyl sites for hydroxylation is 2. The van der Waals surface area contributed by atoms with Crippen LogP contribution in [0.4, 0.5) is 0 Å². The van der Waals surface area contributed by atoms with Crippen LogP contribution in [0.2, 0.25) is 0 Å². The summed E-state index contributed by atoms with van der Waals surface area (Å²) in [6.07, 6.45) is 1.64.